The first-order valence-electron chi connectivity index (χ1n) is 10.1. The largest absolute Gasteiger partial charge is 0.320 e. The molecule has 0 unspecified atom stereocenters. The van der Waals surface area contributed by atoms with Crippen molar-refractivity contribution in [3.63, 3.8) is 0 Å². The van der Waals surface area contributed by atoms with Gasteiger partial charge < -0.3 is 4.57 Å². The molecule has 0 radical (unpaired) electrons. The van der Waals surface area contributed by atoms with Crippen molar-refractivity contribution in [2.75, 3.05) is 6.54 Å². The third-order valence-corrected chi connectivity index (χ3v) is 12.2. The second-order valence-electron chi connectivity index (χ2n) is 7.54. The molecule has 0 bridgehead atoms. The topological polar surface area (TPSA) is 3.24 Å². The number of rotatable bonds is 7. The Morgan fingerprint density at radius 2 is 1.44 bits per heavy atom. The molecule has 0 amide bonds. The molecule has 2 aromatic carbocycles. The minimum atomic E-state index is -1.23. The van der Waals surface area contributed by atoms with Crippen molar-refractivity contribution < 1.29 is 0 Å². The van der Waals surface area contributed by atoms with Crippen LogP contribution in [0, 0.1) is 0 Å². The van der Waals surface area contributed by atoms with E-state index < -0.39 is 8.24 Å². The first kappa shape index (κ1) is 18.4. The van der Waals surface area contributed by atoms with E-state index >= 15 is 0 Å². The molecule has 2 aromatic rings. The summed E-state index contributed by atoms with van der Waals surface area (Å²) in [6.45, 7) is 8.64. The second-order valence-corrected chi connectivity index (χ2v) is 12.7. The van der Waals surface area contributed by atoms with Crippen LogP contribution in [-0.4, -0.2) is 25.4 Å². The highest BCUT2D eigenvalue weighted by Crippen LogP contribution is 2.34. The molecule has 2 heteroatoms. The van der Waals surface area contributed by atoms with Gasteiger partial charge in [0.1, 0.15) is 8.24 Å². The van der Waals surface area contributed by atoms with Crippen molar-refractivity contribution in [2.45, 2.75) is 64.2 Å². The van der Waals surface area contributed by atoms with Crippen LogP contribution in [0.25, 0.3) is 11.1 Å². The third-order valence-electron chi connectivity index (χ3n) is 6.49. The Balaban J connectivity index is 1.73. The van der Waals surface area contributed by atoms with Crippen molar-refractivity contribution >= 4 is 8.24 Å². The summed E-state index contributed by atoms with van der Waals surface area (Å²) in [4.78, 5) is 0. The van der Waals surface area contributed by atoms with Crippen LogP contribution in [0.2, 0.25) is 18.1 Å². The highest BCUT2D eigenvalue weighted by molar-refractivity contribution is 6.77. The molecule has 0 N–H and O–H groups in total. The van der Waals surface area contributed by atoms with E-state index in [4.69, 9.17) is 0 Å². The van der Waals surface area contributed by atoms with E-state index in [1.165, 1.54) is 60.6 Å². The second kappa shape index (κ2) is 8.33. The highest BCUT2D eigenvalue weighted by Gasteiger charge is 2.40. The van der Waals surface area contributed by atoms with Crippen LogP contribution >= 0.6 is 0 Å². The standard InChI is InChI=1S/C23H33NSi/c1-4-25(5-2,6-3)24-18-10-13-23(24)19-20-14-16-22(17-15-20)21-11-8-7-9-12-21/h7-9,11-12,14-17,23H,4-6,10,13,18-19H2,1-3H3/t23-/m0/s1. The van der Waals surface area contributed by atoms with E-state index in [2.05, 4.69) is 79.9 Å². The highest BCUT2D eigenvalue weighted by atomic mass is 28.3. The molecule has 1 atom stereocenters. The molecule has 134 valence electrons. The van der Waals surface area contributed by atoms with Crippen LogP contribution in [-0.2, 0) is 6.42 Å². The minimum Gasteiger partial charge on any atom is -0.320 e. The van der Waals surface area contributed by atoms with Gasteiger partial charge in [-0.15, -0.1) is 0 Å². The van der Waals surface area contributed by atoms with Gasteiger partial charge in [-0.2, -0.15) is 0 Å². The average Bonchev–Trinajstić information content (AvgIpc) is 3.14. The number of nitrogens with zero attached hydrogens (tertiary/aromatic N) is 1. The van der Waals surface area contributed by atoms with E-state index in [-0.39, 0.29) is 0 Å². The third kappa shape index (κ3) is 3.90. The molecular formula is C23H33NSi. The van der Waals surface area contributed by atoms with Crippen LogP contribution < -0.4 is 0 Å². The molecule has 25 heavy (non-hydrogen) atoms. The maximum Gasteiger partial charge on any atom is 0.127 e. The lowest BCUT2D eigenvalue weighted by Crippen LogP contribution is -2.54. The first-order valence-corrected chi connectivity index (χ1v) is 12.7. The molecule has 0 saturated carbocycles. The Bertz CT molecular complexity index is 637. The summed E-state index contributed by atoms with van der Waals surface area (Å²) in [6.07, 6.45) is 4.00. The maximum absolute atomic E-state index is 2.98. The zero-order valence-corrected chi connectivity index (χ0v) is 17.2. The lowest BCUT2D eigenvalue weighted by atomic mass is 10.0. The van der Waals surface area contributed by atoms with E-state index in [9.17, 15) is 0 Å². The molecule has 1 fully saturated rings. The molecule has 1 aliphatic rings. The monoisotopic (exact) mass is 351 g/mol. The summed E-state index contributed by atoms with van der Waals surface area (Å²) in [5.41, 5.74) is 4.14. The molecule has 1 aliphatic heterocycles. The number of hydrogen-bond donors (Lipinski definition) is 0. The van der Waals surface area contributed by atoms with Gasteiger partial charge in [0, 0.05) is 6.04 Å². The lowest BCUT2D eigenvalue weighted by molar-refractivity contribution is 0.381. The van der Waals surface area contributed by atoms with Gasteiger partial charge in [0.15, 0.2) is 0 Å². The zero-order chi connectivity index (χ0) is 17.7. The Morgan fingerprint density at radius 1 is 0.840 bits per heavy atom. The molecule has 1 nitrogen and oxygen atoms in total. The molecule has 0 aliphatic carbocycles. The zero-order valence-electron chi connectivity index (χ0n) is 16.2. The summed E-state index contributed by atoms with van der Waals surface area (Å²) in [6, 6.07) is 25.0. The minimum absolute atomic E-state index is 0.772. The lowest BCUT2D eigenvalue weighted by Gasteiger charge is -2.42. The van der Waals surface area contributed by atoms with Gasteiger partial charge in [0.25, 0.3) is 0 Å². The molecular weight excluding hydrogens is 318 g/mol. The fourth-order valence-corrected chi connectivity index (χ4v) is 9.11. The Hall–Kier alpha value is -1.38. The van der Waals surface area contributed by atoms with Gasteiger partial charge in [-0.05, 0) is 60.6 Å². The van der Waals surface area contributed by atoms with Crippen LogP contribution in [0.5, 0.6) is 0 Å². The predicted molar refractivity (Wildman–Crippen MR) is 113 cm³/mol. The van der Waals surface area contributed by atoms with E-state index in [1.807, 2.05) is 0 Å². The Morgan fingerprint density at radius 3 is 2.04 bits per heavy atom. The van der Waals surface area contributed by atoms with Gasteiger partial charge in [-0.25, -0.2) is 0 Å². The van der Waals surface area contributed by atoms with Crippen molar-refractivity contribution in [1.82, 2.24) is 4.57 Å². The summed E-state index contributed by atoms with van der Waals surface area (Å²) in [5.74, 6) is 0. The fourth-order valence-electron chi connectivity index (χ4n) is 4.77. The normalized spacial score (nSPS) is 18.6. The first-order chi connectivity index (χ1) is 12.2. The molecule has 0 aromatic heterocycles. The quantitative estimate of drug-likeness (QED) is 0.524. The van der Waals surface area contributed by atoms with Crippen molar-refractivity contribution in [2.24, 2.45) is 0 Å². The summed E-state index contributed by atoms with van der Waals surface area (Å²) < 4.78 is 2.98. The van der Waals surface area contributed by atoms with Crippen LogP contribution in [0.1, 0.15) is 39.2 Å². The summed E-state index contributed by atoms with van der Waals surface area (Å²) in [5, 5.41) is 0. The smallest absolute Gasteiger partial charge is 0.127 e. The van der Waals surface area contributed by atoms with Gasteiger partial charge in [0.2, 0.25) is 0 Å². The van der Waals surface area contributed by atoms with Crippen LogP contribution in [0.4, 0.5) is 0 Å². The van der Waals surface area contributed by atoms with E-state index in [0.717, 1.165) is 6.04 Å². The Kier molecular flexibility index (Phi) is 6.13. The number of hydrogen-bond acceptors (Lipinski definition) is 1. The molecule has 0 spiro atoms. The van der Waals surface area contributed by atoms with Crippen molar-refractivity contribution in [3.05, 3.63) is 60.2 Å². The fraction of sp³-hybridized carbons (Fsp3) is 0.478. The maximum atomic E-state index is 2.98. The van der Waals surface area contributed by atoms with Gasteiger partial charge in [0.05, 0.1) is 0 Å². The molecule has 1 heterocycles. The summed E-state index contributed by atoms with van der Waals surface area (Å²) >= 11 is 0. The van der Waals surface area contributed by atoms with Gasteiger partial charge in [-0.3, -0.25) is 0 Å². The average molecular weight is 352 g/mol. The van der Waals surface area contributed by atoms with Crippen molar-refractivity contribution in [1.29, 1.82) is 0 Å². The molecule has 3 rings (SSSR count). The predicted octanol–water partition coefficient (Wildman–Crippen LogP) is 6.37. The summed E-state index contributed by atoms with van der Waals surface area (Å²) in [7, 11) is -1.23. The SMILES string of the molecule is CC[Si](CC)(CC)N1CCC[C@H]1Cc1ccc(-c2ccccc2)cc1. The van der Waals surface area contributed by atoms with E-state index in [1.54, 1.807) is 0 Å². The van der Waals surface area contributed by atoms with Gasteiger partial charge in [-0.1, -0.05) is 75.4 Å². The van der Waals surface area contributed by atoms with Crippen LogP contribution in [0.3, 0.4) is 0 Å². The van der Waals surface area contributed by atoms with E-state index in [0.29, 0.717) is 0 Å². The van der Waals surface area contributed by atoms with Gasteiger partial charge >= 0.3 is 0 Å². The van der Waals surface area contributed by atoms with Crippen molar-refractivity contribution in [3.8, 4) is 11.1 Å². The van der Waals surface area contributed by atoms with Crippen LogP contribution in [0.15, 0.2) is 54.6 Å². The Labute approximate surface area is 155 Å². The number of benzene rings is 2. The molecule has 1 saturated heterocycles.